The minimum atomic E-state index is 0.100. The van der Waals surface area contributed by atoms with Gasteiger partial charge in [0, 0.05) is 51.2 Å². The van der Waals surface area contributed by atoms with E-state index in [1.807, 2.05) is 12.1 Å². The van der Waals surface area contributed by atoms with Gasteiger partial charge in [0.15, 0.2) is 0 Å². The van der Waals surface area contributed by atoms with Gasteiger partial charge in [-0.15, -0.1) is 0 Å². The lowest BCUT2D eigenvalue weighted by molar-refractivity contribution is -0.131. The Hall–Kier alpha value is -1.59. The average molecular weight is 357 g/mol. The van der Waals surface area contributed by atoms with Gasteiger partial charge in [0.1, 0.15) is 5.75 Å². The summed E-state index contributed by atoms with van der Waals surface area (Å²) < 4.78 is 0. The van der Waals surface area contributed by atoms with Crippen molar-refractivity contribution < 1.29 is 9.90 Å². The first kappa shape index (κ1) is 17.8. The Balaban J connectivity index is 1.44. The van der Waals surface area contributed by atoms with Crippen LogP contribution in [0.3, 0.4) is 0 Å². The highest BCUT2D eigenvalue weighted by molar-refractivity contribution is 5.76. The molecule has 5 nitrogen and oxygen atoms in total. The molecule has 1 aliphatic carbocycles. The third kappa shape index (κ3) is 3.89. The lowest BCUT2D eigenvalue weighted by atomic mass is 9.86. The van der Waals surface area contributed by atoms with Crippen LogP contribution in [0.25, 0.3) is 0 Å². The molecule has 3 fully saturated rings. The number of rotatable bonds is 4. The molecule has 1 aromatic carbocycles. The SMILES string of the molecule is CN1CCN(Cc2cccc(O)c2)C[C@@]12CCC(=O)N(CC1CC1)CC2. The van der Waals surface area contributed by atoms with Crippen LogP contribution in [0.5, 0.6) is 5.75 Å². The maximum atomic E-state index is 12.6. The van der Waals surface area contributed by atoms with Crippen molar-refractivity contribution in [3.05, 3.63) is 29.8 Å². The maximum Gasteiger partial charge on any atom is 0.222 e. The number of benzene rings is 1. The summed E-state index contributed by atoms with van der Waals surface area (Å²) in [7, 11) is 2.23. The normalized spacial score (nSPS) is 28.5. The van der Waals surface area contributed by atoms with E-state index in [4.69, 9.17) is 0 Å². The summed E-state index contributed by atoms with van der Waals surface area (Å²) in [5, 5.41) is 9.73. The van der Waals surface area contributed by atoms with E-state index in [2.05, 4.69) is 27.8 Å². The number of aromatic hydroxyl groups is 1. The van der Waals surface area contributed by atoms with Crippen molar-refractivity contribution in [1.29, 1.82) is 0 Å². The Morgan fingerprint density at radius 3 is 2.81 bits per heavy atom. The smallest absolute Gasteiger partial charge is 0.222 e. The molecule has 0 aromatic heterocycles. The van der Waals surface area contributed by atoms with Gasteiger partial charge in [0.25, 0.3) is 0 Å². The molecule has 1 amide bonds. The molecule has 3 aliphatic rings. The van der Waals surface area contributed by atoms with Crippen molar-refractivity contribution in [2.75, 3.05) is 39.8 Å². The average Bonchev–Trinajstić information content (AvgIpc) is 3.44. The number of hydrogen-bond acceptors (Lipinski definition) is 4. The molecule has 2 saturated heterocycles. The first-order chi connectivity index (χ1) is 12.5. The van der Waals surface area contributed by atoms with Gasteiger partial charge in [-0.3, -0.25) is 14.6 Å². The molecule has 0 radical (unpaired) electrons. The van der Waals surface area contributed by atoms with Crippen molar-refractivity contribution in [1.82, 2.24) is 14.7 Å². The number of piperazine rings is 1. The highest BCUT2D eigenvalue weighted by Gasteiger charge is 2.42. The number of amides is 1. The Kier molecular flexibility index (Phi) is 4.93. The summed E-state index contributed by atoms with van der Waals surface area (Å²) in [5.41, 5.74) is 1.26. The molecule has 0 unspecified atom stereocenters. The topological polar surface area (TPSA) is 47.0 Å². The van der Waals surface area contributed by atoms with Gasteiger partial charge >= 0.3 is 0 Å². The fourth-order valence-corrected chi connectivity index (χ4v) is 4.63. The van der Waals surface area contributed by atoms with Crippen molar-refractivity contribution in [3.8, 4) is 5.75 Å². The fourth-order valence-electron chi connectivity index (χ4n) is 4.63. The summed E-state index contributed by atoms with van der Waals surface area (Å²) in [6.45, 7) is 5.82. The number of carbonyl (C=O) groups is 1. The minimum Gasteiger partial charge on any atom is -0.508 e. The third-order valence-corrected chi connectivity index (χ3v) is 6.58. The predicted molar refractivity (Wildman–Crippen MR) is 102 cm³/mol. The van der Waals surface area contributed by atoms with Crippen LogP contribution in [0.2, 0.25) is 0 Å². The van der Waals surface area contributed by atoms with Crippen LogP contribution in [0.4, 0.5) is 0 Å². The van der Waals surface area contributed by atoms with E-state index in [0.29, 0.717) is 18.1 Å². The molecular formula is C21H31N3O2. The molecule has 2 aliphatic heterocycles. The van der Waals surface area contributed by atoms with Crippen LogP contribution in [0.1, 0.15) is 37.7 Å². The second-order valence-electron chi connectivity index (χ2n) is 8.56. The largest absolute Gasteiger partial charge is 0.508 e. The molecule has 4 rings (SSSR count). The van der Waals surface area contributed by atoms with E-state index in [0.717, 1.165) is 63.6 Å². The van der Waals surface area contributed by atoms with E-state index < -0.39 is 0 Å². The summed E-state index contributed by atoms with van der Waals surface area (Å²) in [6.07, 6.45) is 5.30. The van der Waals surface area contributed by atoms with Gasteiger partial charge in [-0.25, -0.2) is 0 Å². The standard InChI is InChI=1S/C21H31N3O2/c1-22-11-12-23(14-18-3-2-4-19(25)13-18)16-21(22)8-7-20(26)24(10-9-21)15-17-5-6-17/h2-4,13,17,25H,5-12,14-16H2,1H3/t21-/m0/s1. The van der Waals surface area contributed by atoms with Crippen molar-refractivity contribution in [2.24, 2.45) is 5.92 Å². The van der Waals surface area contributed by atoms with Gasteiger partial charge in [-0.2, -0.15) is 0 Å². The highest BCUT2D eigenvalue weighted by Crippen LogP contribution is 2.35. The quantitative estimate of drug-likeness (QED) is 0.898. The monoisotopic (exact) mass is 357 g/mol. The highest BCUT2D eigenvalue weighted by atomic mass is 16.3. The van der Waals surface area contributed by atoms with Crippen LogP contribution in [-0.4, -0.2) is 71.0 Å². The van der Waals surface area contributed by atoms with E-state index in [9.17, 15) is 9.90 Å². The van der Waals surface area contributed by atoms with Crippen LogP contribution < -0.4 is 0 Å². The Labute approximate surface area is 156 Å². The third-order valence-electron chi connectivity index (χ3n) is 6.58. The number of likely N-dealkylation sites (tertiary alicyclic amines) is 1. The van der Waals surface area contributed by atoms with Crippen molar-refractivity contribution >= 4 is 5.91 Å². The maximum absolute atomic E-state index is 12.6. The molecule has 26 heavy (non-hydrogen) atoms. The summed E-state index contributed by atoms with van der Waals surface area (Å²) in [4.78, 5) is 19.7. The van der Waals surface area contributed by atoms with Gasteiger partial charge in [-0.05, 0) is 56.3 Å². The predicted octanol–water partition coefficient (Wildman–Crippen LogP) is 2.30. The van der Waals surface area contributed by atoms with Crippen LogP contribution in [0.15, 0.2) is 24.3 Å². The van der Waals surface area contributed by atoms with Gasteiger partial charge in [0.05, 0.1) is 0 Å². The number of phenols is 1. The number of phenolic OH excluding ortho intramolecular Hbond substituents is 1. The molecule has 1 spiro atoms. The van der Waals surface area contributed by atoms with Crippen molar-refractivity contribution in [3.63, 3.8) is 0 Å². The molecule has 0 bridgehead atoms. The lowest BCUT2D eigenvalue weighted by Crippen LogP contribution is -2.60. The number of carbonyl (C=O) groups excluding carboxylic acids is 1. The Morgan fingerprint density at radius 1 is 1.19 bits per heavy atom. The van der Waals surface area contributed by atoms with Gasteiger partial charge in [0.2, 0.25) is 5.91 Å². The number of likely N-dealkylation sites (N-methyl/N-ethyl adjacent to an activating group) is 1. The molecule has 1 N–H and O–H groups in total. The van der Waals surface area contributed by atoms with Crippen LogP contribution in [0, 0.1) is 5.92 Å². The molecule has 1 aromatic rings. The fraction of sp³-hybridized carbons (Fsp3) is 0.667. The second-order valence-corrected chi connectivity index (χ2v) is 8.56. The molecule has 142 valence electrons. The van der Waals surface area contributed by atoms with Gasteiger partial charge in [-0.1, -0.05) is 12.1 Å². The van der Waals surface area contributed by atoms with E-state index in [1.54, 1.807) is 6.07 Å². The zero-order chi connectivity index (χ0) is 18.1. The Morgan fingerprint density at radius 2 is 2.04 bits per heavy atom. The van der Waals surface area contributed by atoms with E-state index in [1.165, 1.54) is 12.8 Å². The van der Waals surface area contributed by atoms with Crippen LogP contribution >= 0.6 is 0 Å². The number of nitrogens with zero attached hydrogens (tertiary/aromatic N) is 3. The zero-order valence-corrected chi connectivity index (χ0v) is 15.9. The van der Waals surface area contributed by atoms with Gasteiger partial charge < -0.3 is 10.0 Å². The Bertz CT molecular complexity index is 660. The van der Waals surface area contributed by atoms with E-state index in [-0.39, 0.29) is 5.54 Å². The number of hydrogen-bond donors (Lipinski definition) is 1. The molecular weight excluding hydrogens is 326 g/mol. The first-order valence-electron chi connectivity index (χ1n) is 10.0. The first-order valence-corrected chi connectivity index (χ1v) is 10.0. The molecule has 1 atom stereocenters. The molecule has 1 saturated carbocycles. The second kappa shape index (κ2) is 7.20. The zero-order valence-electron chi connectivity index (χ0n) is 15.9. The van der Waals surface area contributed by atoms with E-state index >= 15 is 0 Å². The molecule has 5 heteroatoms. The summed E-state index contributed by atoms with van der Waals surface area (Å²) >= 11 is 0. The summed E-state index contributed by atoms with van der Waals surface area (Å²) in [5.74, 6) is 1.45. The lowest BCUT2D eigenvalue weighted by Gasteiger charge is -2.49. The summed E-state index contributed by atoms with van der Waals surface area (Å²) in [6, 6.07) is 7.58. The van der Waals surface area contributed by atoms with Crippen LogP contribution in [-0.2, 0) is 11.3 Å². The molecule has 2 heterocycles. The van der Waals surface area contributed by atoms with Crippen molar-refractivity contribution in [2.45, 2.75) is 44.2 Å². The minimum absolute atomic E-state index is 0.100.